The van der Waals surface area contributed by atoms with Gasteiger partial charge in [0.15, 0.2) is 6.61 Å². The highest BCUT2D eigenvalue weighted by Gasteiger charge is 2.20. The molecule has 0 atom stereocenters. The molecule has 180 valence electrons. The number of rotatable bonds is 8. The van der Waals surface area contributed by atoms with Gasteiger partial charge >= 0.3 is 11.9 Å². The van der Waals surface area contributed by atoms with Crippen LogP contribution in [0.1, 0.15) is 20.7 Å². The summed E-state index contributed by atoms with van der Waals surface area (Å²) in [5.74, 6) is -2.08. The SMILES string of the molecule is COC(=O)c1cc(NC(=O)COn2nnc3ccc(S(=O)(=O)N(C)C)cc32)cc(C(=O)OC)c1. The third kappa shape index (κ3) is 5.13. The Hall–Kier alpha value is -4.04. The first-order valence-electron chi connectivity index (χ1n) is 9.59. The van der Waals surface area contributed by atoms with E-state index in [-0.39, 0.29) is 27.2 Å². The van der Waals surface area contributed by atoms with E-state index in [4.69, 9.17) is 4.84 Å². The van der Waals surface area contributed by atoms with E-state index in [0.717, 1.165) is 9.15 Å². The Kier molecular flexibility index (Phi) is 7.12. The van der Waals surface area contributed by atoms with Gasteiger partial charge in [-0.1, -0.05) is 4.85 Å². The van der Waals surface area contributed by atoms with Crippen molar-refractivity contribution in [2.45, 2.75) is 4.90 Å². The van der Waals surface area contributed by atoms with Crippen molar-refractivity contribution in [2.75, 3.05) is 40.2 Å². The van der Waals surface area contributed by atoms with Crippen molar-refractivity contribution >= 4 is 44.6 Å². The van der Waals surface area contributed by atoms with Gasteiger partial charge in [-0.25, -0.2) is 22.3 Å². The molecule has 14 heteroatoms. The molecule has 1 amide bonds. The van der Waals surface area contributed by atoms with E-state index in [1.807, 2.05) is 0 Å². The molecule has 1 aromatic heterocycles. The molecule has 0 aliphatic heterocycles. The standard InChI is InChI=1S/C20H21N5O8S/c1-24(2)34(29,30)15-5-6-16-17(10-15)25(23-22-16)33-11-18(26)21-14-8-12(19(27)31-3)7-13(9-14)20(28)32-4/h5-10H,11H2,1-4H3,(H,21,26). The molecule has 1 N–H and O–H groups in total. The third-order valence-electron chi connectivity index (χ3n) is 4.54. The molecule has 0 aliphatic carbocycles. The van der Waals surface area contributed by atoms with Gasteiger partial charge in [0.1, 0.15) is 11.0 Å². The number of aromatic nitrogens is 3. The summed E-state index contributed by atoms with van der Waals surface area (Å²) in [4.78, 5) is 42.5. The molecule has 0 fully saturated rings. The lowest BCUT2D eigenvalue weighted by molar-refractivity contribution is -0.121. The topological polar surface area (TPSA) is 159 Å². The molecule has 3 aromatic rings. The zero-order chi connectivity index (χ0) is 25.0. The van der Waals surface area contributed by atoms with Gasteiger partial charge in [-0.3, -0.25) is 4.79 Å². The van der Waals surface area contributed by atoms with Gasteiger partial charge in [0, 0.05) is 19.8 Å². The normalized spacial score (nSPS) is 11.3. The summed E-state index contributed by atoms with van der Waals surface area (Å²) in [6.45, 7) is -0.543. The van der Waals surface area contributed by atoms with Gasteiger partial charge in [-0.05, 0) is 41.6 Å². The number of hydrogen-bond acceptors (Lipinski definition) is 10. The summed E-state index contributed by atoms with van der Waals surface area (Å²) in [7, 11) is 1.45. The van der Waals surface area contributed by atoms with Crippen molar-refractivity contribution in [3.63, 3.8) is 0 Å². The highest BCUT2D eigenvalue weighted by Crippen LogP contribution is 2.19. The Bertz CT molecular complexity index is 1330. The number of nitrogens with one attached hydrogen (secondary N) is 1. The van der Waals surface area contributed by atoms with Crippen molar-refractivity contribution < 1.29 is 37.1 Å². The van der Waals surface area contributed by atoms with Crippen molar-refractivity contribution in [2.24, 2.45) is 0 Å². The van der Waals surface area contributed by atoms with Gasteiger partial charge in [0.25, 0.3) is 5.91 Å². The van der Waals surface area contributed by atoms with Crippen molar-refractivity contribution in [1.29, 1.82) is 0 Å². The molecular formula is C20H21N5O8S. The maximum atomic E-state index is 12.4. The van der Waals surface area contributed by atoms with Crippen LogP contribution in [0.4, 0.5) is 5.69 Å². The largest absolute Gasteiger partial charge is 0.465 e. The van der Waals surface area contributed by atoms with E-state index in [9.17, 15) is 22.8 Å². The quantitative estimate of drug-likeness (QED) is 0.435. The Morgan fingerprint density at radius 3 is 2.18 bits per heavy atom. The first kappa shape index (κ1) is 24.6. The molecule has 0 bridgehead atoms. The fourth-order valence-corrected chi connectivity index (χ4v) is 3.75. The van der Waals surface area contributed by atoms with E-state index in [1.54, 1.807) is 0 Å². The van der Waals surface area contributed by atoms with Crippen LogP contribution in [0.3, 0.4) is 0 Å². The minimum absolute atomic E-state index is 0.00318. The monoisotopic (exact) mass is 491 g/mol. The molecular weight excluding hydrogens is 470 g/mol. The number of amides is 1. The van der Waals surface area contributed by atoms with Crippen molar-refractivity contribution in [1.82, 2.24) is 19.5 Å². The second-order valence-electron chi connectivity index (χ2n) is 7.00. The van der Waals surface area contributed by atoms with Crippen LogP contribution in [-0.4, -0.2) is 80.6 Å². The average molecular weight is 491 g/mol. The summed E-state index contributed by atoms with van der Waals surface area (Å²) in [6.07, 6.45) is 0. The van der Waals surface area contributed by atoms with E-state index in [0.29, 0.717) is 5.52 Å². The number of benzene rings is 2. The Morgan fingerprint density at radius 1 is 1.00 bits per heavy atom. The van der Waals surface area contributed by atoms with Gasteiger partial charge in [0.2, 0.25) is 10.0 Å². The number of fused-ring (bicyclic) bond motifs is 1. The number of carbonyl (C=O) groups is 3. The lowest BCUT2D eigenvalue weighted by Crippen LogP contribution is -2.26. The Labute approximate surface area is 194 Å². The molecule has 3 rings (SSSR count). The van der Waals surface area contributed by atoms with Crippen LogP contribution >= 0.6 is 0 Å². The van der Waals surface area contributed by atoms with Gasteiger partial charge < -0.3 is 19.6 Å². The van der Waals surface area contributed by atoms with Crippen LogP contribution in [-0.2, 0) is 24.3 Å². The average Bonchev–Trinajstić information content (AvgIpc) is 3.23. The van der Waals surface area contributed by atoms with Gasteiger partial charge in [-0.2, -0.15) is 0 Å². The molecule has 0 spiro atoms. The molecule has 1 heterocycles. The fourth-order valence-electron chi connectivity index (χ4n) is 2.83. The fraction of sp³-hybridized carbons (Fsp3) is 0.250. The highest BCUT2D eigenvalue weighted by atomic mass is 32.2. The van der Waals surface area contributed by atoms with Crippen molar-refractivity contribution in [3.8, 4) is 0 Å². The second kappa shape index (κ2) is 9.84. The van der Waals surface area contributed by atoms with Crippen LogP contribution in [0.25, 0.3) is 11.0 Å². The summed E-state index contributed by atoms with van der Waals surface area (Å²) in [5.41, 5.74) is 0.764. The highest BCUT2D eigenvalue weighted by molar-refractivity contribution is 7.89. The van der Waals surface area contributed by atoms with E-state index < -0.39 is 34.5 Å². The van der Waals surface area contributed by atoms with Gasteiger partial charge in [0.05, 0.1) is 30.2 Å². The first-order valence-corrected chi connectivity index (χ1v) is 11.0. The molecule has 0 unspecified atom stereocenters. The number of anilines is 1. The molecule has 0 saturated heterocycles. The van der Waals surface area contributed by atoms with Crippen LogP contribution in [0.15, 0.2) is 41.3 Å². The summed E-state index contributed by atoms with van der Waals surface area (Å²) >= 11 is 0. The third-order valence-corrected chi connectivity index (χ3v) is 6.35. The summed E-state index contributed by atoms with van der Waals surface area (Å²) in [6, 6.07) is 8.08. The lowest BCUT2D eigenvalue weighted by atomic mass is 10.1. The summed E-state index contributed by atoms with van der Waals surface area (Å²) in [5, 5.41) is 10.1. The zero-order valence-electron chi connectivity index (χ0n) is 18.6. The van der Waals surface area contributed by atoms with E-state index >= 15 is 0 Å². The lowest BCUT2D eigenvalue weighted by Gasteiger charge is -2.12. The van der Waals surface area contributed by atoms with Crippen molar-refractivity contribution in [3.05, 3.63) is 47.5 Å². The number of esters is 2. The predicted molar refractivity (Wildman–Crippen MR) is 118 cm³/mol. The smallest absolute Gasteiger partial charge is 0.337 e. The number of methoxy groups -OCH3 is 2. The first-order chi connectivity index (χ1) is 16.1. The number of sulfonamides is 1. The Balaban J connectivity index is 1.79. The minimum Gasteiger partial charge on any atom is -0.465 e. The molecule has 0 saturated carbocycles. The number of ether oxygens (including phenoxy) is 2. The zero-order valence-corrected chi connectivity index (χ0v) is 19.5. The number of nitrogens with zero attached hydrogens (tertiary/aromatic N) is 4. The molecule has 13 nitrogen and oxygen atoms in total. The maximum absolute atomic E-state index is 12.4. The number of carbonyl (C=O) groups excluding carboxylic acids is 3. The number of hydrogen-bond donors (Lipinski definition) is 1. The van der Waals surface area contributed by atoms with Crippen LogP contribution in [0.5, 0.6) is 0 Å². The van der Waals surface area contributed by atoms with Crippen LogP contribution in [0, 0.1) is 0 Å². The Morgan fingerprint density at radius 2 is 1.62 bits per heavy atom. The molecule has 34 heavy (non-hydrogen) atoms. The van der Waals surface area contributed by atoms with E-state index in [2.05, 4.69) is 25.1 Å². The molecule has 2 aromatic carbocycles. The predicted octanol–water partition coefficient (Wildman–Crippen LogP) is 0.322. The van der Waals surface area contributed by atoms with Crippen LogP contribution < -0.4 is 10.2 Å². The summed E-state index contributed by atoms with van der Waals surface area (Å²) < 4.78 is 35.1. The van der Waals surface area contributed by atoms with Gasteiger partial charge in [-0.15, -0.1) is 5.10 Å². The maximum Gasteiger partial charge on any atom is 0.337 e. The molecule has 0 aliphatic rings. The second-order valence-corrected chi connectivity index (χ2v) is 9.16. The minimum atomic E-state index is -3.71. The molecule has 0 radical (unpaired) electrons. The van der Waals surface area contributed by atoms with E-state index in [1.165, 1.54) is 64.7 Å². The van der Waals surface area contributed by atoms with Crippen LogP contribution in [0.2, 0.25) is 0 Å².